The molecule has 3 aromatic rings. The number of carbonyl (C=O) groups is 3. The Hall–Kier alpha value is -3.96. The first-order valence-electron chi connectivity index (χ1n) is 15.0. The second-order valence-electron chi connectivity index (χ2n) is 12.1. The van der Waals surface area contributed by atoms with Gasteiger partial charge in [-0.15, -0.1) is 0 Å². The summed E-state index contributed by atoms with van der Waals surface area (Å²) in [6, 6.07) is 19.7. The van der Waals surface area contributed by atoms with Crippen molar-refractivity contribution >= 4 is 38.7 Å². The topological polar surface area (TPSA) is 139 Å². The summed E-state index contributed by atoms with van der Waals surface area (Å²) in [6.45, 7) is 5.93. The van der Waals surface area contributed by atoms with Gasteiger partial charge < -0.3 is 20.7 Å². The van der Waals surface area contributed by atoms with E-state index in [-0.39, 0.29) is 24.4 Å². The zero-order valence-corrected chi connectivity index (χ0v) is 26.4. The first-order chi connectivity index (χ1) is 20.9. The maximum Gasteiger partial charge on any atom is 0.407 e. The van der Waals surface area contributed by atoms with Gasteiger partial charge in [0.05, 0.1) is 4.90 Å². The number of benzene rings is 3. The number of sulfonamides is 1. The first-order valence-corrected chi connectivity index (χ1v) is 16.4. The van der Waals surface area contributed by atoms with Crippen LogP contribution < -0.4 is 11.1 Å². The minimum Gasteiger partial charge on any atom is -0.444 e. The molecule has 1 saturated heterocycles. The Kier molecular flexibility index (Phi) is 10.6. The van der Waals surface area contributed by atoms with Gasteiger partial charge in [0.25, 0.3) is 0 Å². The maximum atomic E-state index is 14.4. The molecule has 3 amide bonds. The fourth-order valence-electron chi connectivity index (χ4n) is 5.47. The third-order valence-corrected chi connectivity index (χ3v) is 9.47. The molecule has 4 rings (SSSR count). The number of nitrogens with two attached hydrogens (primary N) is 1. The van der Waals surface area contributed by atoms with Crippen LogP contribution in [0.2, 0.25) is 0 Å². The number of likely N-dealkylation sites (tertiary alicyclic amines) is 1. The Labute approximate surface area is 259 Å². The van der Waals surface area contributed by atoms with Crippen molar-refractivity contribution in [2.75, 3.05) is 19.6 Å². The molecule has 0 aliphatic carbocycles. The first kappa shape index (κ1) is 32.9. The van der Waals surface area contributed by atoms with Crippen molar-refractivity contribution in [2.45, 2.75) is 75.5 Å². The smallest absolute Gasteiger partial charge is 0.407 e. The average molecular weight is 623 g/mol. The van der Waals surface area contributed by atoms with Crippen LogP contribution in [0.1, 0.15) is 52.0 Å². The normalized spacial score (nSPS) is 16.2. The van der Waals surface area contributed by atoms with Gasteiger partial charge in [-0.2, -0.15) is 4.31 Å². The van der Waals surface area contributed by atoms with Gasteiger partial charge in [-0.3, -0.25) is 9.59 Å². The summed E-state index contributed by atoms with van der Waals surface area (Å²) >= 11 is 0. The number of ether oxygens (including phenoxy) is 1. The van der Waals surface area contributed by atoms with E-state index in [1.165, 1.54) is 9.21 Å². The quantitative estimate of drug-likeness (QED) is 0.290. The van der Waals surface area contributed by atoms with Crippen LogP contribution in [0.5, 0.6) is 0 Å². The van der Waals surface area contributed by atoms with Crippen LogP contribution in [0.25, 0.3) is 10.8 Å². The summed E-state index contributed by atoms with van der Waals surface area (Å²) in [6.07, 6.45) is 1.41. The largest absolute Gasteiger partial charge is 0.444 e. The van der Waals surface area contributed by atoms with E-state index in [1.54, 1.807) is 39.0 Å². The molecule has 11 heteroatoms. The fourth-order valence-corrected chi connectivity index (χ4v) is 7.13. The molecule has 0 saturated carbocycles. The number of hydrogen-bond donors (Lipinski definition) is 2. The summed E-state index contributed by atoms with van der Waals surface area (Å²) in [5.41, 5.74) is 5.79. The second kappa shape index (κ2) is 14.2. The van der Waals surface area contributed by atoms with Crippen LogP contribution in [0.4, 0.5) is 4.79 Å². The van der Waals surface area contributed by atoms with E-state index in [9.17, 15) is 22.8 Å². The Morgan fingerprint density at radius 1 is 1.00 bits per heavy atom. The summed E-state index contributed by atoms with van der Waals surface area (Å²) < 4.78 is 35.4. The van der Waals surface area contributed by atoms with Crippen LogP contribution in [0.3, 0.4) is 0 Å². The molecule has 10 nitrogen and oxygen atoms in total. The highest BCUT2D eigenvalue weighted by atomic mass is 32.2. The number of primary amides is 1. The zero-order valence-electron chi connectivity index (χ0n) is 25.6. The molecule has 3 N–H and O–H groups in total. The molecule has 1 aliphatic rings. The predicted octanol–water partition coefficient (Wildman–Crippen LogP) is 4.22. The van der Waals surface area contributed by atoms with Gasteiger partial charge in [-0.1, -0.05) is 60.7 Å². The highest BCUT2D eigenvalue weighted by Crippen LogP contribution is 2.28. The van der Waals surface area contributed by atoms with E-state index in [0.29, 0.717) is 32.2 Å². The van der Waals surface area contributed by atoms with Crippen molar-refractivity contribution in [1.29, 1.82) is 0 Å². The van der Waals surface area contributed by atoms with E-state index in [4.69, 9.17) is 10.5 Å². The number of carbonyl (C=O) groups excluding carboxylic acids is 3. The van der Waals surface area contributed by atoms with Crippen LogP contribution in [-0.4, -0.2) is 72.8 Å². The van der Waals surface area contributed by atoms with Crippen molar-refractivity contribution in [1.82, 2.24) is 14.5 Å². The van der Waals surface area contributed by atoms with E-state index in [2.05, 4.69) is 5.32 Å². The molecule has 0 unspecified atom stereocenters. The monoisotopic (exact) mass is 622 g/mol. The number of nitrogens with one attached hydrogen (secondary N) is 1. The number of alkyl carbamates (subject to hydrolysis) is 1. The molecule has 0 bridgehead atoms. The summed E-state index contributed by atoms with van der Waals surface area (Å²) in [7, 11) is -4.19. The van der Waals surface area contributed by atoms with Gasteiger partial charge in [0.15, 0.2) is 0 Å². The molecule has 236 valence electrons. The van der Waals surface area contributed by atoms with Crippen molar-refractivity contribution in [3.63, 3.8) is 0 Å². The predicted molar refractivity (Wildman–Crippen MR) is 169 cm³/mol. The molecule has 1 fully saturated rings. The third-order valence-electron chi connectivity index (χ3n) is 7.57. The summed E-state index contributed by atoms with van der Waals surface area (Å²) in [5.74, 6) is -1.06. The third kappa shape index (κ3) is 8.35. The minimum absolute atomic E-state index is 0.0173. The standard InChI is InChI=1S/C33H42N4O6S/c1-33(2,3)43-32(40)35-19-9-10-21-37(44(41,42)27-18-17-25-14-7-8-15-26(25)23-27)29(22-24-12-5-4-6-13-24)31(39)36-20-11-16-28(36)30(34)38/h4-8,12-15,17-18,23,28-29H,9-11,16,19-22H2,1-3H3,(H2,34,38)(H,35,40)/t28-,29+/m0/s1. The maximum absolute atomic E-state index is 14.4. The number of nitrogens with zero attached hydrogens (tertiary/aromatic N) is 2. The molecule has 0 spiro atoms. The SMILES string of the molecule is CC(C)(C)OC(=O)NCCCCN([C@H](Cc1ccccc1)C(=O)N1CCC[C@H]1C(N)=O)S(=O)(=O)c1ccc2ccccc2c1. The van der Waals surface area contributed by atoms with Crippen molar-refractivity contribution in [3.8, 4) is 0 Å². The Bertz CT molecular complexity index is 1570. The van der Waals surface area contributed by atoms with Gasteiger partial charge in [0, 0.05) is 19.6 Å². The molecular formula is C33H42N4O6S. The lowest BCUT2D eigenvalue weighted by atomic mass is 10.0. The Balaban J connectivity index is 1.67. The second-order valence-corrected chi connectivity index (χ2v) is 13.9. The lowest BCUT2D eigenvalue weighted by Gasteiger charge is -2.34. The molecule has 0 aromatic heterocycles. The molecule has 44 heavy (non-hydrogen) atoms. The van der Waals surface area contributed by atoms with E-state index < -0.39 is 45.6 Å². The lowest BCUT2D eigenvalue weighted by Crippen LogP contribution is -2.55. The van der Waals surface area contributed by atoms with E-state index in [0.717, 1.165) is 16.3 Å². The van der Waals surface area contributed by atoms with Crippen molar-refractivity contribution < 1.29 is 27.5 Å². The number of hydrogen-bond acceptors (Lipinski definition) is 6. The van der Waals surface area contributed by atoms with E-state index >= 15 is 0 Å². The summed E-state index contributed by atoms with van der Waals surface area (Å²) in [5, 5.41) is 4.35. The van der Waals surface area contributed by atoms with Crippen LogP contribution in [-0.2, 0) is 30.8 Å². The minimum atomic E-state index is -4.19. The highest BCUT2D eigenvalue weighted by molar-refractivity contribution is 7.89. The molecular weight excluding hydrogens is 580 g/mol. The van der Waals surface area contributed by atoms with Crippen molar-refractivity contribution in [2.24, 2.45) is 5.73 Å². The molecule has 0 radical (unpaired) electrons. The van der Waals surface area contributed by atoms with E-state index in [1.807, 2.05) is 54.6 Å². The van der Waals surface area contributed by atoms with Gasteiger partial charge in [0.2, 0.25) is 21.8 Å². The van der Waals surface area contributed by atoms with Gasteiger partial charge in [0.1, 0.15) is 17.7 Å². The van der Waals surface area contributed by atoms with Crippen molar-refractivity contribution in [3.05, 3.63) is 78.4 Å². The zero-order chi connectivity index (χ0) is 31.9. The number of fused-ring (bicyclic) bond motifs is 1. The molecule has 1 aliphatic heterocycles. The van der Waals surface area contributed by atoms with Crippen LogP contribution in [0, 0.1) is 0 Å². The summed E-state index contributed by atoms with van der Waals surface area (Å²) in [4.78, 5) is 40.1. The van der Waals surface area contributed by atoms with Gasteiger partial charge in [-0.05, 0) is 81.3 Å². The Morgan fingerprint density at radius 2 is 1.68 bits per heavy atom. The highest BCUT2D eigenvalue weighted by Gasteiger charge is 2.42. The average Bonchev–Trinajstić information content (AvgIpc) is 3.48. The Morgan fingerprint density at radius 3 is 2.36 bits per heavy atom. The molecule has 2 atom stereocenters. The van der Waals surface area contributed by atoms with Crippen LogP contribution in [0.15, 0.2) is 77.7 Å². The van der Waals surface area contributed by atoms with Gasteiger partial charge >= 0.3 is 6.09 Å². The number of unbranched alkanes of at least 4 members (excludes halogenated alkanes) is 1. The number of rotatable bonds is 12. The van der Waals surface area contributed by atoms with Gasteiger partial charge in [-0.25, -0.2) is 13.2 Å². The fraction of sp³-hybridized carbons (Fsp3) is 0.424. The number of amides is 3. The lowest BCUT2D eigenvalue weighted by molar-refractivity contribution is -0.140. The molecule has 1 heterocycles. The van der Waals surface area contributed by atoms with Crippen LogP contribution >= 0.6 is 0 Å². The molecule has 3 aromatic carbocycles.